The van der Waals surface area contributed by atoms with Crippen LogP contribution in [0.4, 0.5) is 5.69 Å². The molecule has 2 aromatic heterocycles. The third-order valence-corrected chi connectivity index (χ3v) is 3.82. The van der Waals surface area contributed by atoms with E-state index in [0.717, 1.165) is 4.68 Å². The number of amides is 1. The van der Waals surface area contributed by atoms with E-state index in [9.17, 15) is 14.4 Å². The zero-order chi connectivity index (χ0) is 19.4. The number of pyridine rings is 1. The Kier molecular flexibility index (Phi) is 5.11. The molecular formula is C18H17N5O4. The number of ether oxygens (including phenoxy) is 1. The molecule has 1 N–H and O–H groups in total. The number of hydrogen-bond donors (Lipinski definition) is 1. The number of benzene rings is 1. The third kappa shape index (κ3) is 3.92. The average Bonchev–Trinajstić information content (AvgIpc) is 2.97. The molecule has 0 saturated heterocycles. The summed E-state index contributed by atoms with van der Waals surface area (Å²) in [6.07, 6.45) is 1.60. The highest BCUT2D eigenvalue weighted by Crippen LogP contribution is 2.12. The molecule has 0 radical (unpaired) electrons. The molecule has 9 nitrogen and oxygen atoms in total. The fraction of sp³-hybridized carbons (Fsp3) is 0.167. The predicted octanol–water partition coefficient (Wildman–Crippen LogP) is 1.07. The van der Waals surface area contributed by atoms with Gasteiger partial charge in [-0.15, -0.1) is 5.10 Å². The van der Waals surface area contributed by atoms with Gasteiger partial charge in [-0.3, -0.25) is 14.3 Å². The van der Waals surface area contributed by atoms with Gasteiger partial charge >= 0.3 is 11.7 Å². The van der Waals surface area contributed by atoms with Gasteiger partial charge in [-0.1, -0.05) is 6.07 Å². The van der Waals surface area contributed by atoms with Crippen molar-refractivity contribution in [3.63, 3.8) is 0 Å². The molecule has 0 unspecified atom stereocenters. The van der Waals surface area contributed by atoms with Gasteiger partial charge in [-0.2, -0.15) is 0 Å². The smallest absolute Gasteiger partial charge is 0.346 e. The zero-order valence-electron chi connectivity index (χ0n) is 14.7. The Morgan fingerprint density at radius 1 is 1.15 bits per heavy atom. The van der Waals surface area contributed by atoms with Crippen LogP contribution < -0.4 is 11.0 Å². The molecule has 0 bridgehead atoms. The molecule has 3 aromatic rings. The summed E-state index contributed by atoms with van der Waals surface area (Å²) in [4.78, 5) is 40.1. The minimum Gasteiger partial charge on any atom is -0.465 e. The summed E-state index contributed by atoms with van der Waals surface area (Å²) in [5, 5.41) is 6.85. The number of hydrogen-bond acceptors (Lipinski definition) is 6. The number of anilines is 1. The number of methoxy groups -OCH3 is 1. The molecule has 138 valence electrons. The topological polar surface area (TPSA) is 108 Å². The highest BCUT2D eigenvalue weighted by atomic mass is 16.5. The summed E-state index contributed by atoms with van der Waals surface area (Å²) >= 11 is 0. The molecule has 1 amide bonds. The molecule has 0 saturated carbocycles. The van der Waals surface area contributed by atoms with Crippen LogP contribution in [0.15, 0.2) is 53.5 Å². The molecule has 0 fully saturated rings. The quantitative estimate of drug-likeness (QED) is 0.676. The molecule has 0 aliphatic carbocycles. The molecule has 0 atom stereocenters. The molecule has 1 aromatic carbocycles. The van der Waals surface area contributed by atoms with E-state index in [1.54, 1.807) is 43.6 Å². The third-order valence-electron chi connectivity index (χ3n) is 3.82. The minimum atomic E-state index is -0.463. The van der Waals surface area contributed by atoms with Gasteiger partial charge in [0.05, 0.1) is 12.7 Å². The lowest BCUT2D eigenvalue weighted by Gasteiger charge is -2.05. The number of rotatable bonds is 5. The first-order valence-electron chi connectivity index (χ1n) is 8.03. The standard InChI is InChI=1S/C18H17N5O4/c1-22-16(14-5-3-4-10-19-14)21-23(18(22)26)11-15(24)20-13-8-6-12(7-9-13)17(25)27-2/h3-10H,11H2,1-2H3,(H,20,24). The van der Waals surface area contributed by atoms with Crippen LogP contribution in [-0.2, 0) is 23.1 Å². The van der Waals surface area contributed by atoms with Crippen LogP contribution in [0.5, 0.6) is 0 Å². The molecular weight excluding hydrogens is 350 g/mol. The van der Waals surface area contributed by atoms with Crippen LogP contribution in [-0.4, -0.2) is 38.3 Å². The summed E-state index contributed by atoms with van der Waals surface area (Å²) in [6, 6.07) is 11.5. The maximum absolute atomic E-state index is 12.3. The Balaban J connectivity index is 1.73. The summed E-state index contributed by atoms with van der Waals surface area (Å²) in [6.45, 7) is -0.252. The number of nitrogens with zero attached hydrogens (tertiary/aromatic N) is 4. The first-order chi connectivity index (χ1) is 13.0. The van der Waals surface area contributed by atoms with Gasteiger partial charge < -0.3 is 10.1 Å². The largest absolute Gasteiger partial charge is 0.465 e. The summed E-state index contributed by atoms with van der Waals surface area (Å²) in [5.41, 5.74) is 0.972. The van der Waals surface area contributed by atoms with Crippen LogP contribution in [0.1, 0.15) is 10.4 Å². The van der Waals surface area contributed by atoms with Crippen molar-refractivity contribution in [1.29, 1.82) is 0 Å². The van der Waals surface area contributed by atoms with Crippen molar-refractivity contribution in [3.8, 4) is 11.5 Å². The normalized spacial score (nSPS) is 10.4. The molecule has 27 heavy (non-hydrogen) atoms. The zero-order valence-corrected chi connectivity index (χ0v) is 14.7. The lowest BCUT2D eigenvalue weighted by molar-refractivity contribution is -0.117. The highest BCUT2D eigenvalue weighted by Gasteiger charge is 2.15. The number of carbonyl (C=O) groups is 2. The fourth-order valence-electron chi connectivity index (χ4n) is 2.45. The summed E-state index contributed by atoms with van der Waals surface area (Å²) < 4.78 is 7.03. The Bertz CT molecular complexity index is 1020. The number of esters is 1. The van der Waals surface area contributed by atoms with E-state index in [0.29, 0.717) is 22.8 Å². The molecule has 9 heteroatoms. The van der Waals surface area contributed by atoms with Crippen molar-refractivity contribution in [3.05, 3.63) is 64.7 Å². The van der Waals surface area contributed by atoms with Crippen molar-refractivity contribution < 1.29 is 14.3 Å². The van der Waals surface area contributed by atoms with Crippen molar-refractivity contribution in [1.82, 2.24) is 19.3 Å². The first-order valence-corrected chi connectivity index (χ1v) is 8.03. The Hall–Kier alpha value is -3.75. The Labute approximate surface area is 154 Å². The molecule has 3 rings (SSSR count). The minimum absolute atomic E-state index is 0.252. The fourth-order valence-corrected chi connectivity index (χ4v) is 2.45. The van der Waals surface area contributed by atoms with Crippen molar-refractivity contribution in [2.75, 3.05) is 12.4 Å². The van der Waals surface area contributed by atoms with E-state index >= 15 is 0 Å². The maximum Gasteiger partial charge on any atom is 0.346 e. The number of nitrogens with one attached hydrogen (secondary N) is 1. The van der Waals surface area contributed by atoms with E-state index in [2.05, 4.69) is 20.1 Å². The van der Waals surface area contributed by atoms with Gasteiger partial charge in [0.2, 0.25) is 5.91 Å². The van der Waals surface area contributed by atoms with Gasteiger partial charge in [0.15, 0.2) is 5.82 Å². The average molecular weight is 367 g/mol. The summed E-state index contributed by atoms with van der Waals surface area (Å²) in [5.74, 6) is -0.514. The van der Waals surface area contributed by atoms with Gasteiger partial charge in [-0.05, 0) is 36.4 Å². The van der Waals surface area contributed by atoms with Gasteiger partial charge in [0.1, 0.15) is 12.2 Å². The van der Waals surface area contributed by atoms with Crippen molar-refractivity contribution in [2.24, 2.45) is 7.05 Å². The lowest BCUT2D eigenvalue weighted by Crippen LogP contribution is -2.29. The Morgan fingerprint density at radius 3 is 2.52 bits per heavy atom. The second-order valence-electron chi connectivity index (χ2n) is 5.65. The lowest BCUT2D eigenvalue weighted by atomic mass is 10.2. The second kappa shape index (κ2) is 7.65. The monoisotopic (exact) mass is 367 g/mol. The van der Waals surface area contributed by atoms with Gasteiger partial charge in [0, 0.05) is 18.9 Å². The molecule has 2 heterocycles. The first kappa shape index (κ1) is 18.1. The SMILES string of the molecule is COC(=O)c1ccc(NC(=O)Cn2nc(-c3ccccn3)n(C)c2=O)cc1. The van der Waals surface area contributed by atoms with E-state index in [4.69, 9.17) is 0 Å². The van der Waals surface area contributed by atoms with E-state index in [-0.39, 0.29) is 6.54 Å². The van der Waals surface area contributed by atoms with E-state index in [1.807, 2.05) is 0 Å². The number of aromatic nitrogens is 4. The van der Waals surface area contributed by atoms with Crippen molar-refractivity contribution >= 4 is 17.6 Å². The maximum atomic E-state index is 12.3. The van der Waals surface area contributed by atoms with Crippen molar-refractivity contribution in [2.45, 2.75) is 6.54 Å². The van der Waals surface area contributed by atoms with E-state index < -0.39 is 17.6 Å². The molecule has 0 spiro atoms. The molecule has 0 aliphatic rings. The molecule has 0 aliphatic heterocycles. The van der Waals surface area contributed by atoms with Gasteiger partial charge in [0.25, 0.3) is 0 Å². The highest BCUT2D eigenvalue weighted by molar-refractivity contribution is 5.92. The predicted molar refractivity (Wildman–Crippen MR) is 97.1 cm³/mol. The Morgan fingerprint density at radius 2 is 1.89 bits per heavy atom. The van der Waals surface area contributed by atoms with Crippen LogP contribution in [0.25, 0.3) is 11.5 Å². The van der Waals surface area contributed by atoms with E-state index in [1.165, 1.54) is 23.8 Å². The van der Waals surface area contributed by atoms with Crippen LogP contribution in [0.2, 0.25) is 0 Å². The van der Waals surface area contributed by atoms with Gasteiger partial charge in [-0.25, -0.2) is 14.3 Å². The van der Waals surface area contributed by atoms with Crippen LogP contribution >= 0.6 is 0 Å². The number of carbonyl (C=O) groups excluding carboxylic acids is 2. The van der Waals surface area contributed by atoms with Crippen LogP contribution in [0.3, 0.4) is 0 Å². The summed E-state index contributed by atoms with van der Waals surface area (Å²) in [7, 11) is 2.86. The second-order valence-corrected chi connectivity index (χ2v) is 5.65. The van der Waals surface area contributed by atoms with Crippen LogP contribution in [0, 0.1) is 0 Å².